The summed E-state index contributed by atoms with van der Waals surface area (Å²) in [5.74, 6) is 1.38. The van der Waals surface area contributed by atoms with Gasteiger partial charge in [0.15, 0.2) is 11.5 Å². The summed E-state index contributed by atoms with van der Waals surface area (Å²) in [6.45, 7) is 4.23. The first-order valence-corrected chi connectivity index (χ1v) is 9.64. The Hall–Kier alpha value is -2.05. The second-order valence-electron chi connectivity index (χ2n) is 6.38. The minimum atomic E-state index is -0.277. The molecule has 1 atom stereocenters. The zero-order chi connectivity index (χ0) is 18.1. The molecule has 2 aliphatic rings. The van der Waals surface area contributed by atoms with E-state index in [1.54, 1.807) is 0 Å². The summed E-state index contributed by atoms with van der Waals surface area (Å²) >= 11 is 3.83. The van der Waals surface area contributed by atoms with Crippen molar-refractivity contribution in [2.75, 3.05) is 19.9 Å². The Kier molecular flexibility index (Phi) is 4.87. The number of halogens is 1. The second-order valence-corrected chi connectivity index (χ2v) is 7.25. The highest BCUT2D eigenvalue weighted by molar-refractivity contribution is 9.09. The number of alkyl halides is 1. The van der Waals surface area contributed by atoms with Crippen LogP contribution in [-0.2, 0) is 17.7 Å². The fourth-order valence-corrected chi connectivity index (χ4v) is 4.14. The maximum Gasteiger partial charge on any atom is 0.338 e. The highest BCUT2D eigenvalue weighted by Crippen LogP contribution is 2.42. The zero-order valence-electron chi connectivity index (χ0n) is 14.5. The smallest absolute Gasteiger partial charge is 0.338 e. The molecule has 0 fully saturated rings. The summed E-state index contributed by atoms with van der Waals surface area (Å²) in [6, 6.07) is 11.8. The maximum atomic E-state index is 11.8. The number of fused-ring (bicyclic) bond motifs is 2. The van der Waals surface area contributed by atoms with Gasteiger partial charge in [0, 0.05) is 13.1 Å². The van der Waals surface area contributed by atoms with Gasteiger partial charge in [-0.2, -0.15) is 0 Å². The lowest BCUT2D eigenvalue weighted by atomic mass is 9.98. The topological polar surface area (TPSA) is 48.0 Å². The Morgan fingerprint density at radius 1 is 1.23 bits per heavy atom. The normalized spacial score (nSPS) is 18.5. The molecule has 0 aromatic heterocycles. The van der Waals surface area contributed by atoms with Crippen LogP contribution in [0.1, 0.15) is 38.9 Å². The van der Waals surface area contributed by atoms with Crippen LogP contribution >= 0.6 is 15.9 Å². The Balaban J connectivity index is 1.48. The van der Waals surface area contributed by atoms with Crippen LogP contribution in [0.25, 0.3) is 0 Å². The van der Waals surface area contributed by atoms with Gasteiger partial charge in [-0.3, -0.25) is 4.90 Å². The van der Waals surface area contributed by atoms with E-state index in [1.165, 1.54) is 11.1 Å². The minimum Gasteiger partial charge on any atom is -0.462 e. The third-order valence-electron chi connectivity index (χ3n) is 4.73. The highest BCUT2D eigenvalue weighted by Gasteiger charge is 2.28. The van der Waals surface area contributed by atoms with Crippen molar-refractivity contribution in [2.24, 2.45) is 0 Å². The molecule has 0 N–H and O–H groups in total. The fraction of sp³-hybridized carbons (Fsp3) is 0.350. The summed E-state index contributed by atoms with van der Waals surface area (Å²) in [4.78, 5) is 14.2. The molecular formula is C20H20BrNO4. The first-order valence-electron chi connectivity index (χ1n) is 8.72. The van der Waals surface area contributed by atoms with Crippen LogP contribution in [0.5, 0.6) is 11.5 Å². The quantitative estimate of drug-likeness (QED) is 0.426. The van der Waals surface area contributed by atoms with Crippen LogP contribution in [-0.4, -0.2) is 30.8 Å². The molecule has 0 amide bonds. The largest absolute Gasteiger partial charge is 0.462 e. The van der Waals surface area contributed by atoms with E-state index in [0.717, 1.165) is 36.6 Å². The molecule has 0 spiro atoms. The molecule has 136 valence electrons. The van der Waals surface area contributed by atoms with Gasteiger partial charge in [-0.1, -0.05) is 28.1 Å². The van der Waals surface area contributed by atoms with Crippen LogP contribution in [0, 0.1) is 0 Å². The summed E-state index contributed by atoms with van der Waals surface area (Å²) in [7, 11) is 0. The number of hydrogen-bond acceptors (Lipinski definition) is 5. The average molecular weight is 418 g/mol. The zero-order valence-corrected chi connectivity index (χ0v) is 16.1. The number of carbonyl (C=O) groups excluding carboxylic acids is 1. The standard InChI is InChI=1S/C20H20BrNO4/c1-2-24-20(23)14-5-3-13(4-6-14)11-22-8-7-15-9-17-18(26-12-25-17)10-16(15)19(22)21/h3-6,9-10,19H,2,7-8,11-12H2,1H3. The SMILES string of the molecule is CCOC(=O)c1ccc(CN2CCc3cc4c(cc3C2Br)OCO4)cc1. The molecule has 2 aromatic carbocycles. The Morgan fingerprint density at radius 2 is 1.96 bits per heavy atom. The van der Waals surface area contributed by atoms with Gasteiger partial charge in [0.2, 0.25) is 6.79 Å². The summed E-state index contributed by atoms with van der Waals surface area (Å²) in [6.07, 6.45) is 0.967. The Bertz CT molecular complexity index is 821. The molecule has 0 aliphatic carbocycles. The lowest BCUT2D eigenvalue weighted by molar-refractivity contribution is 0.0526. The van der Waals surface area contributed by atoms with Gasteiger partial charge < -0.3 is 14.2 Å². The first kappa shape index (κ1) is 17.4. The number of esters is 1. The van der Waals surface area contributed by atoms with Crippen molar-refractivity contribution in [1.82, 2.24) is 4.90 Å². The number of benzene rings is 2. The number of rotatable bonds is 4. The molecule has 5 nitrogen and oxygen atoms in total. The molecule has 26 heavy (non-hydrogen) atoms. The van der Waals surface area contributed by atoms with Crippen molar-refractivity contribution < 1.29 is 19.0 Å². The Morgan fingerprint density at radius 3 is 2.69 bits per heavy atom. The molecular weight excluding hydrogens is 398 g/mol. The van der Waals surface area contributed by atoms with Crippen LogP contribution in [0.3, 0.4) is 0 Å². The van der Waals surface area contributed by atoms with Crippen molar-refractivity contribution in [1.29, 1.82) is 0 Å². The van der Waals surface area contributed by atoms with E-state index in [-0.39, 0.29) is 10.9 Å². The van der Waals surface area contributed by atoms with Gasteiger partial charge in [0.25, 0.3) is 0 Å². The van der Waals surface area contributed by atoms with Crippen molar-refractivity contribution in [3.05, 3.63) is 58.7 Å². The monoisotopic (exact) mass is 417 g/mol. The van der Waals surface area contributed by atoms with E-state index in [2.05, 4.69) is 33.0 Å². The van der Waals surface area contributed by atoms with Crippen molar-refractivity contribution in [3.8, 4) is 11.5 Å². The van der Waals surface area contributed by atoms with E-state index in [1.807, 2.05) is 31.2 Å². The van der Waals surface area contributed by atoms with Crippen LogP contribution in [0.2, 0.25) is 0 Å². The van der Waals surface area contributed by atoms with Crippen LogP contribution < -0.4 is 9.47 Å². The van der Waals surface area contributed by atoms with Gasteiger partial charge in [-0.15, -0.1) is 0 Å². The van der Waals surface area contributed by atoms with Crippen LogP contribution in [0.15, 0.2) is 36.4 Å². The molecule has 0 saturated heterocycles. The van der Waals surface area contributed by atoms with E-state index in [4.69, 9.17) is 14.2 Å². The maximum absolute atomic E-state index is 11.8. The van der Waals surface area contributed by atoms with Gasteiger partial charge >= 0.3 is 5.97 Å². The molecule has 2 aromatic rings. The average Bonchev–Trinajstić information content (AvgIpc) is 3.11. The second kappa shape index (κ2) is 7.29. The van der Waals surface area contributed by atoms with Crippen LogP contribution in [0.4, 0.5) is 0 Å². The van der Waals surface area contributed by atoms with Crippen molar-refractivity contribution in [3.63, 3.8) is 0 Å². The lowest BCUT2D eigenvalue weighted by Gasteiger charge is -2.34. The number of ether oxygens (including phenoxy) is 3. The molecule has 2 aliphatic heterocycles. The predicted molar refractivity (Wildman–Crippen MR) is 101 cm³/mol. The van der Waals surface area contributed by atoms with Crippen molar-refractivity contribution in [2.45, 2.75) is 24.8 Å². The molecule has 4 rings (SSSR count). The highest BCUT2D eigenvalue weighted by atomic mass is 79.9. The minimum absolute atomic E-state index is 0.116. The summed E-state index contributed by atoms with van der Waals surface area (Å²) < 4.78 is 16.0. The number of nitrogens with zero attached hydrogens (tertiary/aromatic N) is 1. The van der Waals surface area contributed by atoms with Gasteiger partial charge in [0.05, 0.1) is 17.1 Å². The third kappa shape index (κ3) is 3.31. The molecule has 0 saturated carbocycles. The lowest BCUT2D eigenvalue weighted by Crippen LogP contribution is -2.32. The summed E-state index contributed by atoms with van der Waals surface area (Å²) in [5, 5.41) is 0. The fourth-order valence-electron chi connectivity index (χ4n) is 3.37. The first-order chi connectivity index (χ1) is 12.7. The molecule has 0 radical (unpaired) electrons. The predicted octanol–water partition coefficient (Wildman–Crippen LogP) is 4.04. The third-order valence-corrected chi connectivity index (χ3v) is 5.80. The Labute approximate surface area is 161 Å². The number of carbonyl (C=O) groups is 1. The molecule has 6 heteroatoms. The molecule has 0 bridgehead atoms. The van der Waals surface area contributed by atoms with E-state index >= 15 is 0 Å². The van der Waals surface area contributed by atoms with Gasteiger partial charge in [-0.25, -0.2) is 4.79 Å². The molecule has 1 unspecified atom stereocenters. The molecule has 2 heterocycles. The van der Waals surface area contributed by atoms with Crippen molar-refractivity contribution >= 4 is 21.9 Å². The van der Waals surface area contributed by atoms with E-state index in [0.29, 0.717) is 19.0 Å². The van der Waals surface area contributed by atoms with E-state index in [9.17, 15) is 4.79 Å². The van der Waals surface area contributed by atoms with Gasteiger partial charge in [0.1, 0.15) is 0 Å². The number of hydrogen-bond donors (Lipinski definition) is 0. The van der Waals surface area contributed by atoms with E-state index < -0.39 is 0 Å². The van der Waals surface area contributed by atoms with Gasteiger partial charge in [-0.05, 0) is 54.3 Å². The summed E-state index contributed by atoms with van der Waals surface area (Å²) in [5.41, 5.74) is 4.27.